The summed E-state index contributed by atoms with van der Waals surface area (Å²) in [6, 6.07) is 2.95. The lowest BCUT2D eigenvalue weighted by Crippen LogP contribution is -2.09. The Balaban J connectivity index is 2.18. The van der Waals surface area contributed by atoms with E-state index in [0.29, 0.717) is 28.9 Å². The lowest BCUT2D eigenvalue weighted by Gasteiger charge is -2.11. The van der Waals surface area contributed by atoms with Crippen LogP contribution in [0.5, 0.6) is 0 Å². The van der Waals surface area contributed by atoms with Crippen molar-refractivity contribution < 1.29 is 9.66 Å². The molecule has 0 saturated heterocycles. The maximum absolute atomic E-state index is 11.1. The van der Waals surface area contributed by atoms with E-state index in [9.17, 15) is 10.1 Å². The van der Waals surface area contributed by atoms with E-state index >= 15 is 0 Å². The van der Waals surface area contributed by atoms with Gasteiger partial charge in [-0.25, -0.2) is 9.53 Å². The van der Waals surface area contributed by atoms with E-state index in [2.05, 4.69) is 15.0 Å². The highest BCUT2D eigenvalue weighted by atomic mass is 16.6. The van der Waals surface area contributed by atoms with Gasteiger partial charge in [0.25, 0.3) is 0 Å². The van der Waals surface area contributed by atoms with Gasteiger partial charge in [0, 0.05) is 30.0 Å². The average molecular weight is 326 g/mol. The molecule has 0 aliphatic carbocycles. The van der Waals surface area contributed by atoms with E-state index < -0.39 is 4.92 Å². The van der Waals surface area contributed by atoms with Gasteiger partial charge in [-0.1, -0.05) is 9.61 Å². The van der Waals surface area contributed by atoms with Gasteiger partial charge < -0.3 is 14.9 Å². The van der Waals surface area contributed by atoms with Crippen molar-refractivity contribution in [3.63, 3.8) is 0 Å². The highest BCUT2D eigenvalue weighted by Gasteiger charge is 2.22. The molecule has 0 radical (unpaired) electrons. The fourth-order valence-electron chi connectivity index (χ4n) is 2.54. The topological polar surface area (TPSA) is 91.9 Å². The van der Waals surface area contributed by atoms with Crippen LogP contribution < -0.4 is 0 Å². The molecule has 9 nitrogen and oxygen atoms in total. The molecular formula is C15H14N6O3. The number of fused-ring (bicyclic) bond motifs is 1. The number of nitro groups is 1. The predicted octanol–water partition coefficient (Wildman–Crippen LogP) is 3.21. The number of nitrogens with zero attached hydrogens (tertiary/aromatic N) is 6. The highest BCUT2D eigenvalue weighted by molar-refractivity contribution is 5.90. The SMILES string of the molecule is [C-]#[N+]c1cnn2c([N+](=O)[O-])ccc2c1-c1cnn(C(C)OCC)c1. The maximum atomic E-state index is 11.1. The third kappa shape index (κ3) is 2.49. The van der Waals surface area contributed by atoms with Crippen LogP contribution in [0, 0.1) is 16.7 Å². The van der Waals surface area contributed by atoms with E-state index in [1.807, 2.05) is 13.8 Å². The third-order valence-electron chi connectivity index (χ3n) is 3.62. The van der Waals surface area contributed by atoms with Gasteiger partial charge in [-0.3, -0.25) is 0 Å². The summed E-state index contributed by atoms with van der Waals surface area (Å²) in [7, 11) is 0. The van der Waals surface area contributed by atoms with Crippen LogP contribution in [0.25, 0.3) is 21.5 Å². The summed E-state index contributed by atoms with van der Waals surface area (Å²) in [5.74, 6) is -0.155. The van der Waals surface area contributed by atoms with Crippen molar-refractivity contribution in [3.05, 3.63) is 52.3 Å². The van der Waals surface area contributed by atoms with Crippen LogP contribution in [-0.4, -0.2) is 30.9 Å². The summed E-state index contributed by atoms with van der Waals surface area (Å²) in [5.41, 5.74) is 2.02. The monoisotopic (exact) mass is 326 g/mol. The van der Waals surface area contributed by atoms with Gasteiger partial charge in [-0.15, -0.1) is 0 Å². The second-order valence-corrected chi connectivity index (χ2v) is 5.03. The van der Waals surface area contributed by atoms with E-state index in [4.69, 9.17) is 11.3 Å². The van der Waals surface area contributed by atoms with Gasteiger partial charge in [-0.2, -0.15) is 5.10 Å². The lowest BCUT2D eigenvalue weighted by molar-refractivity contribution is -0.390. The van der Waals surface area contributed by atoms with Crippen LogP contribution in [0.4, 0.5) is 11.5 Å². The molecule has 122 valence electrons. The molecule has 0 aliphatic heterocycles. The van der Waals surface area contributed by atoms with Crippen LogP contribution in [0.2, 0.25) is 0 Å². The fraction of sp³-hybridized carbons (Fsp3) is 0.267. The summed E-state index contributed by atoms with van der Waals surface area (Å²) < 4.78 is 8.35. The van der Waals surface area contributed by atoms with Crippen LogP contribution in [-0.2, 0) is 4.74 Å². The van der Waals surface area contributed by atoms with E-state index in [1.54, 1.807) is 23.1 Å². The molecule has 9 heteroatoms. The first-order chi connectivity index (χ1) is 11.6. The zero-order valence-corrected chi connectivity index (χ0v) is 13.1. The molecule has 1 atom stereocenters. The van der Waals surface area contributed by atoms with E-state index in [-0.39, 0.29) is 12.0 Å². The van der Waals surface area contributed by atoms with E-state index in [0.717, 1.165) is 0 Å². The number of hydrogen-bond acceptors (Lipinski definition) is 5. The molecule has 3 heterocycles. The third-order valence-corrected chi connectivity index (χ3v) is 3.62. The minimum atomic E-state index is -0.512. The zero-order valence-electron chi connectivity index (χ0n) is 13.1. The van der Waals surface area contributed by atoms with Crippen molar-refractivity contribution in [1.29, 1.82) is 0 Å². The molecule has 1 unspecified atom stereocenters. The fourth-order valence-corrected chi connectivity index (χ4v) is 2.54. The van der Waals surface area contributed by atoms with Crippen LogP contribution in [0.3, 0.4) is 0 Å². The first kappa shape index (κ1) is 15.6. The van der Waals surface area contributed by atoms with Gasteiger partial charge in [0.15, 0.2) is 5.52 Å². The van der Waals surface area contributed by atoms with Crippen molar-refractivity contribution in [2.45, 2.75) is 20.1 Å². The first-order valence-electron chi connectivity index (χ1n) is 7.25. The molecule has 24 heavy (non-hydrogen) atoms. The Morgan fingerprint density at radius 3 is 2.88 bits per heavy atom. The normalized spacial score (nSPS) is 12.2. The standard InChI is InChI=1S/C15H14N6O3/c1-4-24-10(2)19-9-11(7-17-19)15-12(16-3)8-18-20-13(15)5-6-14(20)21(22)23/h5-10H,4H2,1-2H3. The highest BCUT2D eigenvalue weighted by Crippen LogP contribution is 2.35. The Morgan fingerprint density at radius 1 is 1.42 bits per heavy atom. The molecule has 0 bridgehead atoms. The Bertz CT molecular complexity index is 952. The second-order valence-electron chi connectivity index (χ2n) is 5.03. The van der Waals surface area contributed by atoms with Crippen molar-refractivity contribution in [1.82, 2.24) is 19.4 Å². The Labute approximate surface area is 137 Å². The second kappa shape index (κ2) is 6.10. The quantitative estimate of drug-likeness (QED) is 0.408. The summed E-state index contributed by atoms with van der Waals surface area (Å²) in [6.45, 7) is 11.7. The number of rotatable bonds is 5. The molecular weight excluding hydrogens is 312 g/mol. The molecule has 0 amide bonds. The van der Waals surface area contributed by atoms with Crippen molar-refractivity contribution in [2.24, 2.45) is 0 Å². The van der Waals surface area contributed by atoms with E-state index in [1.165, 1.54) is 16.8 Å². The minimum Gasteiger partial charge on any atom is -0.358 e. The van der Waals surface area contributed by atoms with Gasteiger partial charge >= 0.3 is 5.82 Å². The number of aromatic nitrogens is 4. The molecule has 0 N–H and O–H groups in total. The van der Waals surface area contributed by atoms with Gasteiger partial charge in [0.1, 0.15) is 6.23 Å². The summed E-state index contributed by atoms with van der Waals surface area (Å²) >= 11 is 0. The van der Waals surface area contributed by atoms with Gasteiger partial charge in [-0.05, 0) is 24.8 Å². The largest absolute Gasteiger partial charge is 0.358 e. The smallest absolute Gasteiger partial charge is 0.348 e. The Morgan fingerprint density at radius 2 is 2.21 bits per heavy atom. The molecule has 0 fully saturated rings. The van der Waals surface area contributed by atoms with Crippen LogP contribution >= 0.6 is 0 Å². The average Bonchev–Trinajstić information content (AvgIpc) is 3.21. The minimum absolute atomic E-state index is 0.155. The molecule has 0 aliphatic rings. The molecule has 3 aromatic rings. The summed E-state index contributed by atoms with van der Waals surface area (Å²) in [5, 5.41) is 19.4. The summed E-state index contributed by atoms with van der Waals surface area (Å²) in [4.78, 5) is 14.1. The predicted molar refractivity (Wildman–Crippen MR) is 85.7 cm³/mol. The number of hydrogen-bond donors (Lipinski definition) is 0. The zero-order chi connectivity index (χ0) is 17.3. The maximum Gasteiger partial charge on any atom is 0.348 e. The number of ether oxygens (including phenoxy) is 1. The van der Waals surface area contributed by atoms with Crippen molar-refractivity contribution >= 4 is 17.0 Å². The molecule has 3 aromatic heterocycles. The van der Waals surface area contributed by atoms with Gasteiger partial charge in [0.05, 0.1) is 19.0 Å². The molecule has 0 saturated carbocycles. The van der Waals surface area contributed by atoms with Crippen molar-refractivity contribution in [3.8, 4) is 11.1 Å². The van der Waals surface area contributed by atoms with Crippen LogP contribution in [0.15, 0.2) is 30.7 Å². The summed E-state index contributed by atoms with van der Waals surface area (Å²) in [6.07, 6.45) is 4.44. The van der Waals surface area contributed by atoms with Crippen molar-refractivity contribution in [2.75, 3.05) is 6.61 Å². The Hall–Kier alpha value is -3.25. The lowest BCUT2D eigenvalue weighted by atomic mass is 10.1. The molecule has 0 spiro atoms. The van der Waals surface area contributed by atoms with Crippen LogP contribution in [0.1, 0.15) is 20.1 Å². The molecule has 3 rings (SSSR count). The van der Waals surface area contributed by atoms with Gasteiger partial charge in [0.2, 0.25) is 5.69 Å². The molecule has 0 aromatic carbocycles. The first-order valence-corrected chi connectivity index (χ1v) is 7.25. The Kier molecular flexibility index (Phi) is 3.97.